The third-order valence-electron chi connectivity index (χ3n) is 4.59. The average Bonchev–Trinajstić information content (AvgIpc) is 3.22. The van der Waals surface area contributed by atoms with Crippen molar-refractivity contribution in [1.82, 2.24) is 15.1 Å². The van der Waals surface area contributed by atoms with Crippen LogP contribution in [0.3, 0.4) is 0 Å². The van der Waals surface area contributed by atoms with Gasteiger partial charge in [-0.2, -0.15) is 0 Å². The number of thiophene rings is 1. The average molecular weight is 369 g/mol. The van der Waals surface area contributed by atoms with Gasteiger partial charge in [0.15, 0.2) is 0 Å². The van der Waals surface area contributed by atoms with Crippen molar-refractivity contribution >= 4 is 28.8 Å². The van der Waals surface area contributed by atoms with Crippen LogP contribution in [-0.4, -0.2) is 48.8 Å². The van der Waals surface area contributed by atoms with Crippen LogP contribution in [0.4, 0.5) is 0 Å². The highest BCUT2D eigenvalue weighted by molar-refractivity contribution is 7.10. The normalized spacial score (nSPS) is 14.7. The molecule has 6 heteroatoms. The fourth-order valence-electron chi connectivity index (χ4n) is 3.10. The lowest BCUT2D eigenvalue weighted by molar-refractivity contribution is -0.121. The number of hydrogen-bond donors (Lipinski definition) is 1. The molecule has 1 aliphatic rings. The van der Waals surface area contributed by atoms with E-state index >= 15 is 0 Å². The summed E-state index contributed by atoms with van der Waals surface area (Å²) in [6.07, 6.45) is 0.253. The second-order valence-corrected chi connectivity index (χ2v) is 7.48. The number of carbonyl (C=O) groups excluding carboxylic acids is 2. The molecule has 1 aromatic heterocycles. The molecule has 0 saturated heterocycles. The lowest BCUT2D eigenvalue weighted by atomic mass is 10.1. The van der Waals surface area contributed by atoms with Gasteiger partial charge in [-0.3, -0.25) is 9.59 Å². The summed E-state index contributed by atoms with van der Waals surface area (Å²) in [7, 11) is 4.00. The fourth-order valence-corrected chi connectivity index (χ4v) is 4.02. The third kappa shape index (κ3) is 3.71. The molecule has 2 aromatic rings. The molecule has 1 unspecified atom stereocenters. The van der Waals surface area contributed by atoms with E-state index in [4.69, 9.17) is 0 Å². The van der Waals surface area contributed by atoms with Gasteiger partial charge in [-0.1, -0.05) is 30.8 Å². The van der Waals surface area contributed by atoms with Gasteiger partial charge in [0.25, 0.3) is 5.91 Å². The second-order valence-electron chi connectivity index (χ2n) is 6.50. The molecule has 3 rings (SSSR count). The molecule has 0 saturated carbocycles. The summed E-state index contributed by atoms with van der Waals surface area (Å²) in [6.45, 7) is 4.88. The number of nitrogens with zero attached hydrogens (tertiary/aromatic N) is 2. The van der Waals surface area contributed by atoms with Gasteiger partial charge in [0.05, 0.1) is 6.04 Å². The zero-order valence-electron chi connectivity index (χ0n) is 15.1. The number of hydrogen-bond acceptors (Lipinski definition) is 4. The Hall–Kier alpha value is -2.44. The van der Waals surface area contributed by atoms with Crippen molar-refractivity contribution in [3.8, 4) is 0 Å². The number of rotatable bonds is 7. The van der Waals surface area contributed by atoms with Gasteiger partial charge in [-0.25, -0.2) is 0 Å². The highest BCUT2D eigenvalue weighted by Gasteiger charge is 2.30. The molecule has 1 aliphatic heterocycles. The van der Waals surface area contributed by atoms with Crippen LogP contribution in [0.25, 0.3) is 5.70 Å². The summed E-state index contributed by atoms with van der Waals surface area (Å²) in [4.78, 5) is 29.6. The largest absolute Gasteiger partial charge is 0.354 e. The minimum Gasteiger partial charge on any atom is -0.354 e. The predicted molar refractivity (Wildman–Crippen MR) is 105 cm³/mol. The van der Waals surface area contributed by atoms with Crippen LogP contribution >= 0.6 is 11.3 Å². The molecular weight excluding hydrogens is 346 g/mol. The standard InChI is InChI=1S/C20H23N3O2S/c1-14-15-7-4-5-8-16(15)20(25)23(14)11-10-19(24)21-13-17(22(2)3)18-9-6-12-26-18/h4-9,12,17H,1,10-11,13H2,2-3H3,(H,21,24). The minimum atomic E-state index is -0.0804. The van der Waals surface area contributed by atoms with E-state index in [1.54, 1.807) is 22.3 Å². The van der Waals surface area contributed by atoms with Crippen LogP contribution in [0, 0.1) is 0 Å². The zero-order chi connectivity index (χ0) is 18.7. The van der Waals surface area contributed by atoms with Gasteiger partial charge in [0.2, 0.25) is 5.91 Å². The van der Waals surface area contributed by atoms with E-state index in [9.17, 15) is 9.59 Å². The Morgan fingerprint density at radius 2 is 1.96 bits per heavy atom. The Morgan fingerprint density at radius 3 is 2.58 bits per heavy atom. The summed E-state index contributed by atoms with van der Waals surface area (Å²) < 4.78 is 0. The van der Waals surface area contributed by atoms with Crippen molar-refractivity contribution in [3.05, 3.63) is 64.4 Å². The molecule has 2 amide bonds. The monoisotopic (exact) mass is 369 g/mol. The van der Waals surface area contributed by atoms with E-state index in [1.165, 1.54) is 4.88 Å². The molecule has 0 spiro atoms. The quantitative estimate of drug-likeness (QED) is 0.816. The highest BCUT2D eigenvalue weighted by Crippen LogP contribution is 2.31. The van der Waals surface area contributed by atoms with Crippen LogP contribution in [0.2, 0.25) is 0 Å². The Bertz CT molecular complexity index is 779. The summed E-state index contributed by atoms with van der Waals surface area (Å²) >= 11 is 1.68. The first-order chi connectivity index (χ1) is 12.5. The first kappa shape index (κ1) is 18.4. The molecule has 2 heterocycles. The van der Waals surface area contributed by atoms with E-state index in [-0.39, 0.29) is 24.3 Å². The van der Waals surface area contributed by atoms with Crippen molar-refractivity contribution in [2.45, 2.75) is 12.5 Å². The molecule has 0 aliphatic carbocycles. The summed E-state index contributed by atoms with van der Waals surface area (Å²) in [5, 5.41) is 5.02. The molecule has 1 N–H and O–H groups in total. The minimum absolute atomic E-state index is 0.0648. The first-order valence-corrected chi connectivity index (χ1v) is 9.43. The third-order valence-corrected chi connectivity index (χ3v) is 5.56. The van der Waals surface area contributed by atoms with Gasteiger partial charge in [-0.05, 0) is 31.6 Å². The number of carbonyl (C=O) groups is 2. The SMILES string of the molecule is C=C1c2ccccc2C(=O)N1CCC(=O)NCC(c1cccs1)N(C)C. The van der Waals surface area contributed by atoms with Crippen molar-refractivity contribution < 1.29 is 9.59 Å². The van der Waals surface area contributed by atoms with Crippen molar-refractivity contribution in [2.24, 2.45) is 0 Å². The van der Waals surface area contributed by atoms with E-state index in [1.807, 2.05) is 43.7 Å². The van der Waals surface area contributed by atoms with E-state index in [0.717, 1.165) is 5.56 Å². The van der Waals surface area contributed by atoms with Crippen LogP contribution in [0.1, 0.15) is 33.3 Å². The van der Waals surface area contributed by atoms with Crippen molar-refractivity contribution in [3.63, 3.8) is 0 Å². The zero-order valence-corrected chi connectivity index (χ0v) is 15.9. The summed E-state index contributed by atoms with van der Waals surface area (Å²) in [6, 6.07) is 11.6. The molecule has 136 valence electrons. The number of fused-ring (bicyclic) bond motifs is 1. The smallest absolute Gasteiger partial charge is 0.258 e. The Morgan fingerprint density at radius 1 is 1.23 bits per heavy atom. The van der Waals surface area contributed by atoms with E-state index < -0.39 is 0 Å². The van der Waals surface area contributed by atoms with Gasteiger partial charge in [-0.15, -0.1) is 11.3 Å². The second kappa shape index (κ2) is 7.85. The molecule has 1 atom stereocenters. The molecule has 1 aromatic carbocycles. The topological polar surface area (TPSA) is 52.7 Å². The van der Waals surface area contributed by atoms with Gasteiger partial charge >= 0.3 is 0 Å². The maximum atomic E-state index is 12.5. The van der Waals surface area contributed by atoms with Crippen LogP contribution < -0.4 is 5.32 Å². The number of benzene rings is 1. The number of likely N-dealkylation sites (N-methyl/N-ethyl adjacent to an activating group) is 1. The first-order valence-electron chi connectivity index (χ1n) is 8.55. The van der Waals surface area contributed by atoms with Gasteiger partial charge in [0.1, 0.15) is 0 Å². The van der Waals surface area contributed by atoms with Crippen LogP contribution in [0.5, 0.6) is 0 Å². The molecule has 5 nitrogen and oxygen atoms in total. The molecule has 26 heavy (non-hydrogen) atoms. The highest BCUT2D eigenvalue weighted by atomic mass is 32.1. The molecule has 0 bridgehead atoms. The van der Waals surface area contributed by atoms with E-state index in [2.05, 4.69) is 22.9 Å². The molecule has 0 fully saturated rings. The van der Waals surface area contributed by atoms with Crippen LogP contribution in [0.15, 0.2) is 48.4 Å². The predicted octanol–water partition coefficient (Wildman–Crippen LogP) is 2.98. The molecule has 0 radical (unpaired) electrons. The lowest BCUT2D eigenvalue weighted by Crippen LogP contribution is -2.36. The van der Waals surface area contributed by atoms with Gasteiger partial charge < -0.3 is 15.1 Å². The van der Waals surface area contributed by atoms with Gasteiger partial charge in [0, 0.05) is 41.2 Å². The maximum Gasteiger partial charge on any atom is 0.258 e. The fraction of sp³-hybridized carbons (Fsp3) is 0.300. The summed E-state index contributed by atoms with van der Waals surface area (Å²) in [5.74, 6) is -0.145. The number of amides is 2. The van der Waals surface area contributed by atoms with Crippen molar-refractivity contribution in [2.75, 3.05) is 27.2 Å². The summed E-state index contributed by atoms with van der Waals surface area (Å²) in [5.41, 5.74) is 2.18. The van der Waals surface area contributed by atoms with E-state index in [0.29, 0.717) is 24.4 Å². The Kier molecular flexibility index (Phi) is 5.54. The maximum absolute atomic E-state index is 12.5. The lowest BCUT2D eigenvalue weighted by Gasteiger charge is -2.24. The molecular formula is C20H23N3O2S. The number of nitrogens with one attached hydrogen (secondary N) is 1. The Balaban J connectivity index is 1.53. The Labute approximate surface area is 157 Å². The van der Waals surface area contributed by atoms with Crippen LogP contribution in [-0.2, 0) is 4.79 Å². The van der Waals surface area contributed by atoms with Crippen molar-refractivity contribution in [1.29, 1.82) is 0 Å².